The molecule has 3 rings (SSSR count). The summed E-state index contributed by atoms with van der Waals surface area (Å²) >= 11 is 0. The molecule has 0 spiro atoms. The van der Waals surface area contributed by atoms with E-state index in [0.717, 1.165) is 48.3 Å². The molecule has 1 N–H and O–H groups in total. The SMILES string of the molecule is CCC1CCC(CC(C)CCC(O)CCC2CCCC3CCCCC32)CC1. The summed E-state index contributed by atoms with van der Waals surface area (Å²) in [6, 6.07) is 0. The van der Waals surface area contributed by atoms with Gasteiger partial charge in [-0.2, -0.15) is 0 Å². The van der Waals surface area contributed by atoms with E-state index in [4.69, 9.17) is 0 Å². The molecule has 3 aliphatic carbocycles. The fraction of sp³-hybridized carbons (Fsp3) is 1.00. The summed E-state index contributed by atoms with van der Waals surface area (Å²) in [6.07, 6.45) is 23.7. The zero-order valence-electron chi connectivity index (χ0n) is 18.5. The lowest BCUT2D eigenvalue weighted by Gasteiger charge is -2.41. The van der Waals surface area contributed by atoms with Crippen LogP contribution in [0.2, 0.25) is 0 Å². The highest BCUT2D eigenvalue weighted by molar-refractivity contribution is 4.85. The van der Waals surface area contributed by atoms with Gasteiger partial charge in [-0.15, -0.1) is 0 Å². The molecule has 0 amide bonds. The maximum absolute atomic E-state index is 10.6. The van der Waals surface area contributed by atoms with Crippen molar-refractivity contribution in [2.75, 3.05) is 0 Å². The fourth-order valence-corrected chi connectivity index (χ4v) is 7.02. The van der Waals surface area contributed by atoms with Crippen molar-refractivity contribution >= 4 is 0 Å². The van der Waals surface area contributed by atoms with E-state index in [9.17, 15) is 5.11 Å². The van der Waals surface area contributed by atoms with Gasteiger partial charge in [-0.3, -0.25) is 0 Å². The third kappa shape index (κ3) is 6.76. The van der Waals surface area contributed by atoms with E-state index in [1.165, 1.54) is 96.3 Å². The lowest BCUT2D eigenvalue weighted by molar-refractivity contribution is 0.0757. The second-order valence-electron chi connectivity index (χ2n) is 10.8. The first kappa shape index (κ1) is 21.7. The first-order chi connectivity index (χ1) is 13.2. The van der Waals surface area contributed by atoms with E-state index in [0.29, 0.717) is 0 Å². The number of hydrogen-bond acceptors (Lipinski definition) is 1. The van der Waals surface area contributed by atoms with Gasteiger partial charge in [-0.05, 0) is 74.0 Å². The van der Waals surface area contributed by atoms with Crippen molar-refractivity contribution < 1.29 is 5.11 Å². The number of fused-ring (bicyclic) bond motifs is 1. The highest BCUT2D eigenvalue weighted by atomic mass is 16.3. The third-order valence-electron chi connectivity index (χ3n) is 8.87. The van der Waals surface area contributed by atoms with Gasteiger partial charge in [0.15, 0.2) is 0 Å². The quantitative estimate of drug-likeness (QED) is 0.436. The minimum atomic E-state index is -0.0350. The van der Waals surface area contributed by atoms with Gasteiger partial charge in [0, 0.05) is 0 Å². The molecule has 0 aliphatic heterocycles. The van der Waals surface area contributed by atoms with Gasteiger partial charge in [-0.25, -0.2) is 0 Å². The molecule has 3 fully saturated rings. The molecule has 27 heavy (non-hydrogen) atoms. The molecule has 158 valence electrons. The second-order valence-corrected chi connectivity index (χ2v) is 10.8. The average molecular weight is 377 g/mol. The van der Waals surface area contributed by atoms with Gasteiger partial charge in [0.05, 0.1) is 6.10 Å². The third-order valence-corrected chi connectivity index (χ3v) is 8.87. The van der Waals surface area contributed by atoms with Crippen LogP contribution in [0.1, 0.15) is 123 Å². The van der Waals surface area contributed by atoms with Crippen LogP contribution in [0.4, 0.5) is 0 Å². The lowest BCUT2D eigenvalue weighted by atomic mass is 9.64. The molecule has 0 radical (unpaired) electrons. The molecule has 0 aromatic rings. The minimum absolute atomic E-state index is 0.0350. The van der Waals surface area contributed by atoms with E-state index in [-0.39, 0.29) is 6.10 Å². The maximum Gasteiger partial charge on any atom is 0.0540 e. The number of aliphatic hydroxyl groups excluding tert-OH is 1. The topological polar surface area (TPSA) is 20.2 Å². The van der Waals surface area contributed by atoms with Crippen LogP contribution in [0.25, 0.3) is 0 Å². The van der Waals surface area contributed by atoms with Crippen LogP contribution in [0, 0.1) is 35.5 Å². The van der Waals surface area contributed by atoms with Gasteiger partial charge in [0.25, 0.3) is 0 Å². The molecule has 0 aromatic carbocycles. The van der Waals surface area contributed by atoms with Crippen molar-refractivity contribution in [1.82, 2.24) is 0 Å². The van der Waals surface area contributed by atoms with E-state index < -0.39 is 0 Å². The van der Waals surface area contributed by atoms with Gasteiger partial charge >= 0.3 is 0 Å². The van der Waals surface area contributed by atoms with Crippen LogP contribution in [0.5, 0.6) is 0 Å². The van der Waals surface area contributed by atoms with Crippen LogP contribution < -0.4 is 0 Å². The van der Waals surface area contributed by atoms with Crippen molar-refractivity contribution in [2.45, 2.75) is 129 Å². The Labute approximate surface area is 170 Å². The Morgan fingerprint density at radius 1 is 0.778 bits per heavy atom. The van der Waals surface area contributed by atoms with Crippen LogP contribution in [0.15, 0.2) is 0 Å². The summed E-state index contributed by atoms with van der Waals surface area (Å²) in [5.74, 6) is 5.78. The predicted octanol–water partition coefficient (Wildman–Crippen LogP) is 7.76. The summed E-state index contributed by atoms with van der Waals surface area (Å²) in [5, 5.41) is 10.6. The molecule has 0 saturated heterocycles. The molecular weight excluding hydrogens is 328 g/mol. The maximum atomic E-state index is 10.6. The Hall–Kier alpha value is -0.0400. The molecule has 0 heterocycles. The zero-order valence-corrected chi connectivity index (χ0v) is 18.5. The van der Waals surface area contributed by atoms with Crippen molar-refractivity contribution in [3.63, 3.8) is 0 Å². The molecular formula is C26H48O. The number of hydrogen-bond donors (Lipinski definition) is 1. The summed E-state index contributed by atoms with van der Waals surface area (Å²) in [4.78, 5) is 0. The first-order valence-corrected chi connectivity index (χ1v) is 12.8. The van der Waals surface area contributed by atoms with Crippen LogP contribution in [-0.2, 0) is 0 Å². The van der Waals surface area contributed by atoms with Crippen LogP contribution in [-0.4, -0.2) is 11.2 Å². The highest BCUT2D eigenvalue weighted by Gasteiger charge is 2.34. The largest absolute Gasteiger partial charge is 0.393 e. The zero-order chi connectivity index (χ0) is 19.1. The molecule has 1 nitrogen and oxygen atoms in total. The predicted molar refractivity (Wildman–Crippen MR) is 117 cm³/mol. The second kappa shape index (κ2) is 11.2. The number of aliphatic hydroxyl groups is 1. The summed E-state index contributed by atoms with van der Waals surface area (Å²) in [6.45, 7) is 4.79. The Morgan fingerprint density at radius 3 is 2.26 bits per heavy atom. The van der Waals surface area contributed by atoms with Crippen LogP contribution >= 0.6 is 0 Å². The standard InChI is InChI=1S/C26H48O/c1-3-21-12-14-22(15-13-21)19-20(2)11-17-25(27)18-16-24-9-6-8-23-7-4-5-10-26(23)24/h20-27H,3-19H2,1-2H3. The summed E-state index contributed by atoms with van der Waals surface area (Å²) in [7, 11) is 0. The van der Waals surface area contributed by atoms with Crippen molar-refractivity contribution in [3.05, 3.63) is 0 Å². The Morgan fingerprint density at radius 2 is 1.48 bits per heavy atom. The van der Waals surface area contributed by atoms with E-state index in [2.05, 4.69) is 13.8 Å². The monoisotopic (exact) mass is 376 g/mol. The molecule has 0 aromatic heterocycles. The molecule has 1 heteroatoms. The smallest absolute Gasteiger partial charge is 0.0540 e. The molecule has 3 saturated carbocycles. The van der Waals surface area contributed by atoms with Crippen LogP contribution in [0.3, 0.4) is 0 Å². The van der Waals surface area contributed by atoms with Crippen molar-refractivity contribution in [1.29, 1.82) is 0 Å². The van der Waals surface area contributed by atoms with Gasteiger partial charge < -0.3 is 5.11 Å². The molecule has 5 unspecified atom stereocenters. The average Bonchev–Trinajstić information content (AvgIpc) is 2.71. The first-order valence-electron chi connectivity index (χ1n) is 12.8. The molecule has 3 aliphatic rings. The van der Waals surface area contributed by atoms with Gasteiger partial charge in [0.1, 0.15) is 0 Å². The minimum Gasteiger partial charge on any atom is -0.393 e. The fourth-order valence-electron chi connectivity index (χ4n) is 7.02. The number of rotatable bonds is 9. The molecule has 5 atom stereocenters. The highest BCUT2D eigenvalue weighted by Crippen LogP contribution is 2.45. The van der Waals surface area contributed by atoms with E-state index >= 15 is 0 Å². The Balaban J connectivity index is 1.29. The summed E-state index contributed by atoms with van der Waals surface area (Å²) < 4.78 is 0. The van der Waals surface area contributed by atoms with Crippen molar-refractivity contribution in [2.24, 2.45) is 35.5 Å². The van der Waals surface area contributed by atoms with Crippen molar-refractivity contribution in [3.8, 4) is 0 Å². The van der Waals surface area contributed by atoms with E-state index in [1.54, 1.807) is 0 Å². The summed E-state index contributed by atoms with van der Waals surface area (Å²) in [5.41, 5.74) is 0. The molecule has 0 bridgehead atoms. The lowest BCUT2D eigenvalue weighted by Crippen LogP contribution is -2.31. The van der Waals surface area contributed by atoms with Gasteiger partial charge in [0.2, 0.25) is 0 Å². The Bertz CT molecular complexity index is 395. The van der Waals surface area contributed by atoms with Gasteiger partial charge in [-0.1, -0.05) is 84.5 Å². The normalized spacial score (nSPS) is 36.8. The Kier molecular flexibility index (Phi) is 9.01. The van der Waals surface area contributed by atoms with E-state index in [1.807, 2.05) is 0 Å².